The van der Waals surface area contributed by atoms with Crippen molar-refractivity contribution >= 4 is 17.6 Å². The van der Waals surface area contributed by atoms with E-state index in [4.69, 9.17) is 16.3 Å². The van der Waals surface area contributed by atoms with Gasteiger partial charge >= 0.3 is 5.97 Å². The summed E-state index contributed by atoms with van der Waals surface area (Å²) in [6, 6.07) is 3.24. The first kappa shape index (κ1) is 11.5. The number of rotatable bonds is 3. The molecule has 2 aromatic rings. The van der Waals surface area contributed by atoms with Crippen LogP contribution in [0.25, 0.3) is 5.82 Å². The Labute approximate surface area is 102 Å². The van der Waals surface area contributed by atoms with Gasteiger partial charge in [-0.1, -0.05) is 11.6 Å². The normalized spacial score (nSPS) is 10.2. The first-order valence-electron chi connectivity index (χ1n) is 4.92. The van der Waals surface area contributed by atoms with Crippen molar-refractivity contribution in [1.29, 1.82) is 0 Å². The topological polar surface area (TPSA) is 69.9 Å². The van der Waals surface area contributed by atoms with Gasteiger partial charge in [0.1, 0.15) is 0 Å². The van der Waals surface area contributed by atoms with Crippen molar-refractivity contribution in [3.05, 3.63) is 35.2 Å². The molecular weight excluding hydrogens is 244 g/mol. The lowest BCUT2D eigenvalue weighted by molar-refractivity contribution is 0.0526. The summed E-state index contributed by atoms with van der Waals surface area (Å²) in [6.07, 6.45) is 2.93. The van der Waals surface area contributed by atoms with E-state index in [1.54, 1.807) is 19.1 Å². The van der Waals surface area contributed by atoms with Gasteiger partial charge in [-0.3, -0.25) is 0 Å². The van der Waals surface area contributed by atoms with Gasteiger partial charge < -0.3 is 4.74 Å². The van der Waals surface area contributed by atoms with E-state index in [0.29, 0.717) is 23.1 Å². The first-order chi connectivity index (χ1) is 8.20. The number of hydrogen-bond acceptors (Lipinski definition) is 5. The zero-order valence-corrected chi connectivity index (χ0v) is 9.76. The second kappa shape index (κ2) is 4.92. The highest BCUT2D eigenvalue weighted by Gasteiger charge is 2.10. The maximum Gasteiger partial charge on any atom is 0.341 e. The van der Waals surface area contributed by atoms with Crippen molar-refractivity contribution in [1.82, 2.24) is 20.0 Å². The monoisotopic (exact) mass is 252 g/mol. The molecule has 0 amide bonds. The average molecular weight is 253 g/mol. The van der Waals surface area contributed by atoms with E-state index < -0.39 is 5.97 Å². The molecule has 0 spiro atoms. The molecule has 0 aliphatic rings. The molecule has 0 N–H and O–H groups in total. The predicted octanol–water partition coefficient (Wildman–Crippen LogP) is 1.49. The van der Waals surface area contributed by atoms with Crippen LogP contribution >= 0.6 is 11.6 Å². The van der Waals surface area contributed by atoms with Crippen LogP contribution in [0.5, 0.6) is 0 Å². The molecule has 0 saturated carbocycles. The predicted molar refractivity (Wildman–Crippen MR) is 60.1 cm³/mol. The van der Waals surface area contributed by atoms with E-state index in [1.165, 1.54) is 17.1 Å². The summed E-state index contributed by atoms with van der Waals surface area (Å²) in [5.74, 6) is 0.0608. The number of ether oxygens (including phenoxy) is 1. The second-order valence-electron chi connectivity index (χ2n) is 3.11. The van der Waals surface area contributed by atoms with Crippen molar-refractivity contribution in [3.63, 3.8) is 0 Å². The van der Waals surface area contributed by atoms with Crippen LogP contribution in [0.15, 0.2) is 24.5 Å². The summed E-state index contributed by atoms with van der Waals surface area (Å²) in [4.78, 5) is 11.4. The van der Waals surface area contributed by atoms with Gasteiger partial charge in [0, 0.05) is 6.20 Å². The highest BCUT2D eigenvalue weighted by atomic mass is 35.5. The number of esters is 1. The Morgan fingerprint density at radius 1 is 1.47 bits per heavy atom. The van der Waals surface area contributed by atoms with Crippen LogP contribution in [-0.4, -0.2) is 32.6 Å². The van der Waals surface area contributed by atoms with Gasteiger partial charge in [-0.05, 0) is 19.1 Å². The Bertz CT molecular complexity index is 523. The Hall–Kier alpha value is -1.95. The minimum absolute atomic E-state index is 0.298. The lowest BCUT2D eigenvalue weighted by atomic mass is 10.4. The summed E-state index contributed by atoms with van der Waals surface area (Å²) < 4.78 is 6.27. The van der Waals surface area contributed by atoms with Crippen LogP contribution < -0.4 is 0 Å². The number of halogens is 1. The van der Waals surface area contributed by atoms with E-state index in [0.717, 1.165) is 0 Å². The Morgan fingerprint density at radius 2 is 2.29 bits per heavy atom. The molecule has 0 saturated heterocycles. The smallest absolute Gasteiger partial charge is 0.341 e. The van der Waals surface area contributed by atoms with Gasteiger partial charge in [0.15, 0.2) is 11.0 Å². The van der Waals surface area contributed by atoms with Gasteiger partial charge in [0.05, 0.1) is 18.4 Å². The molecule has 0 bridgehead atoms. The third-order valence-corrected chi connectivity index (χ3v) is 2.15. The largest absolute Gasteiger partial charge is 0.462 e. The molecule has 17 heavy (non-hydrogen) atoms. The molecule has 2 rings (SSSR count). The minimum Gasteiger partial charge on any atom is -0.462 e. The zero-order valence-electron chi connectivity index (χ0n) is 9.00. The third-order valence-electron chi connectivity index (χ3n) is 1.95. The van der Waals surface area contributed by atoms with Crippen molar-refractivity contribution in [2.75, 3.05) is 6.61 Å². The lowest BCUT2D eigenvalue weighted by Crippen LogP contribution is -2.03. The van der Waals surface area contributed by atoms with Crippen molar-refractivity contribution < 1.29 is 9.53 Å². The third kappa shape index (κ3) is 2.59. The molecule has 2 heterocycles. The fourth-order valence-corrected chi connectivity index (χ4v) is 1.30. The van der Waals surface area contributed by atoms with E-state index in [1.807, 2.05) is 0 Å². The molecule has 2 aromatic heterocycles. The molecule has 7 heteroatoms. The Kier molecular flexibility index (Phi) is 3.34. The molecule has 0 radical (unpaired) electrons. The van der Waals surface area contributed by atoms with Crippen LogP contribution in [0.1, 0.15) is 17.3 Å². The summed E-state index contributed by atoms with van der Waals surface area (Å²) >= 11 is 5.62. The quantitative estimate of drug-likeness (QED) is 0.774. The highest BCUT2D eigenvalue weighted by Crippen LogP contribution is 2.08. The van der Waals surface area contributed by atoms with Crippen molar-refractivity contribution in [3.8, 4) is 5.82 Å². The standard InChI is InChI=1S/C10H9ClN4O2/c1-2-17-10(16)7-5-12-15(6-7)9-4-3-8(11)13-14-9/h3-6H,2H2,1H3. The fourth-order valence-electron chi connectivity index (χ4n) is 1.20. The van der Waals surface area contributed by atoms with Crippen LogP contribution in [-0.2, 0) is 4.74 Å². The van der Waals surface area contributed by atoms with Crippen LogP contribution in [0, 0.1) is 0 Å². The van der Waals surface area contributed by atoms with Gasteiger partial charge in [-0.25, -0.2) is 9.48 Å². The Morgan fingerprint density at radius 3 is 2.94 bits per heavy atom. The molecule has 88 valence electrons. The molecule has 0 unspecified atom stereocenters. The maximum atomic E-state index is 11.4. The summed E-state index contributed by atoms with van der Waals surface area (Å²) in [7, 11) is 0. The molecule has 0 fully saturated rings. The Balaban J connectivity index is 2.23. The minimum atomic E-state index is -0.416. The number of aromatic nitrogens is 4. The zero-order chi connectivity index (χ0) is 12.3. The number of nitrogens with zero attached hydrogens (tertiary/aromatic N) is 4. The van der Waals surface area contributed by atoms with Crippen LogP contribution in [0.4, 0.5) is 0 Å². The van der Waals surface area contributed by atoms with Gasteiger partial charge in [0.25, 0.3) is 0 Å². The molecule has 0 aromatic carbocycles. The summed E-state index contributed by atoms with van der Waals surface area (Å²) in [5, 5.41) is 11.8. The highest BCUT2D eigenvalue weighted by molar-refractivity contribution is 6.29. The van der Waals surface area contributed by atoms with Gasteiger partial charge in [-0.2, -0.15) is 5.10 Å². The van der Waals surface area contributed by atoms with E-state index in [-0.39, 0.29) is 0 Å². The van der Waals surface area contributed by atoms with Crippen LogP contribution in [0.3, 0.4) is 0 Å². The second-order valence-corrected chi connectivity index (χ2v) is 3.50. The van der Waals surface area contributed by atoms with E-state index in [9.17, 15) is 4.79 Å². The van der Waals surface area contributed by atoms with E-state index >= 15 is 0 Å². The summed E-state index contributed by atoms with van der Waals surface area (Å²) in [5.41, 5.74) is 0.364. The van der Waals surface area contributed by atoms with Gasteiger partial charge in [-0.15, -0.1) is 10.2 Å². The molecule has 0 atom stereocenters. The summed E-state index contributed by atoms with van der Waals surface area (Å²) in [6.45, 7) is 2.07. The fraction of sp³-hybridized carbons (Fsp3) is 0.200. The van der Waals surface area contributed by atoms with Crippen molar-refractivity contribution in [2.45, 2.75) is 6.92 Å². The van der Waals surface area contributed by atoms with E-state index in [2.05, 4.69) is 15.3 Å². The SMILES string of the molecule is CCOC(=O)c1cnn(-c2ccc(Cl)nn2)c1. The number of hydrogen-bond donors (Lipinski definition) is 0. The average Bonchev–Trinajstić information content (AvgIpc) is 2.80. The lowest BCUT2D eigenvalue weighted by Gasteiger charge is -1.98. The van der Waals surface area contributed by atoms with Crippen LogP contribution in [0.2, 0.25) is 5.15 Å². The van der Waals surface area contributed by atoms with Crippen molar-refractivity contribution in [2.24, 2.45) is 0 Å². The number of carbonyl (C=O) groups is 1. The molecular formula is C10H9ClN4O2. The number of carbonyl (C=O) groups excluding carboxylic acids is 1. The molecule has 0 aliphatic carbocycles. The molecule has 0 aliphatic heterocycles. The first-order valence-corrected chi connectivity index (χ1v) is 5.30. The van der Waals surface area contributed by atoms with Gasteiger partial charge in [0.2, 0.25) is 0 Å². The maximum absolute atomic E-state index is 11.4. The molecule has 6 nitrogen and oxygen atoms in total.